The van der Waals surface area contributed by atoms with Gasteiger partial charge in [-0.1, -0.05) is 41.4 Å². The molecule has 19 heavy (non-hydrogen) atoms. The van der Waals surface area contributed by atoms with Gasteiger partial charge in [0.25, 0.3) is 0 Å². The number of aromatic nitrogens is 1. The van der Waals surface area contributed by atoms with E-state index in [1.54, 1.807) is 30.3 Å². The Labute approximate surface area is 121 Å². The van der Waals surface area contributed by atoms with Crippen LogP contribution in [0.2, 0.25) is 10.0 Å². The summed E-state index contributed by atoms with van der Waals surface area (Å²) in [5.41, 5.74) is 0.707. The summed E-state index contributed by atoms with van der Waals surface area (Å²) in [6, 6.07) is 10.2. The van der Waals surface area contributed by atoms with Gasteiger partial charge in [-0.05, 0) is 29.8 Å². The molecule has 98 valence electrons. The van der Waals surface area contributed by atoms with Crippen molar-refractivity contribution in [3.63, 3.8) is 0 Å². The summed E-state index contributed by atoms with van der Waals surface area (Å²) in [4.78, 5) is 3.91. The highest BCUT2D eigenvalue weighted by atomic mass is 35.5. The Balaban J connectivity index is 2.32. The maximum atomic E-state index is 12.2. The number of halogens is 2. The van der Waals surface area contributed by atoms with Gasteiger partial charge >= 0.3 is 0 Å². The van der Waals surface area contributed by atoms with Crippen molar-refractivity contribution in [2.75, 3.05) is 0 Å². The summed E-state index contributed by atoms with van der Waals surface area (Å²) in [5.74, 6) is 0. The molecule has 0 spiro atoms. The second-order valence-electron chi connectivity index (χ2n) is 3.74. The topological polar surface area (TPSA) is 53.8 Å². The first kappa shape index (κ1) is 14.1. The summed E-state index contributed by atoms with van der Waals surface area (Å²) in [6.45, 7) is 0. The van der Waals surface area contributed by atoms with Gasteiger partial charge in [-0.2, -0.15) is 0 Å². The van der Waals surface area contributed by atoms with Crippen LogP contribution in [0.4, 0.5) is 0 Å². The molecule has 1 atom stereocenters. The fourth-order valence-electron chi connectivity index (χ4n) is 1.39. The minimum atomic E-state index is -3.10. The van der Waals surface area contributed by atoms with Crippen molar-refractivity contribution in [1.29, 1.82) is 4.78 Å². The third kappa shape index (κ3) is 3.56. The average Bonchev–Trinajstić information content (AvgIpc) is 2.38. The van der Waals surface area contributed by atoms with Gasteiger partial charge in [0, 0.05) is 16.6 Å². The van der Waals surface area contributed by atoms with Crippen LogP contribution >= 0.6 is 23.2 Å². The second-order valence-corrected chi connectivity index (χ2v) is 6.47. The molecule has 6 heteroatoms. The first-order valence-electron chi connectivity index (χ1n) is 5.32. The largest absolute Gasteiger partial charge is 0.244 e. The van der Waals surface area contributed by atoms with E-state index in [4.69, 9.17) is 28.0 Å². The van der Waals surface area contributed by atoms with Crippen LogP contribution in [0.3, 0.4) is 0 Å². The fraction of sp³-hybridized carbons (Fsp3) is 0. The zero-order valence-corrected chi connectivity index (χ0v) is 12.0. The Kier molecular flexibility index (Phi) is 4.24. The van der Waals surface area contributed by atoms with Gasteiger partial charge in [0.15, 0.2) is 0 Å². The third-order valence-corrected chi connectivity index (χ3v) is 4.31. The quantitative estimate of drug-likeness (QED) is 0.909. The molecule has 1 unspecified atom stereocenters. The summed E-state index contributed by atoms with van der Waals surface area (Å²) >= 11 is 11.7. The van der Waals surface area contributed by atoms with Crippen LogP contribution in [0.25, 0.3) is 6.08 Å². The van der Waals surface area contributed by atoms with E-state index in [1.807, 2.05) is 6.07 Å². The van der Waals surface area contributed by atoms with E-state index in [2.05, 4.69) is 4.98 Å². The molecule has 0 amide bonds. The van der Waals surface area contributed by atoms with Gasteiger partial charge in [-0.25, -0.2) is 14.0 Å². The third-order valence-electron chi connectivity index (χ3n) is 2.36. The molecule has 2 aromatic rings. The van der Waals surface area contributed by atoms with Gasteiger partial charge < -0.3 is 0 Å². The molecule has 0 radical (unpaired) electrons. The Bertz CT molecular complexity index is 710. The summed E-state index contributed by atoms with van der Waals surface area (Å²) in [7, 11) is -3.10. The Morgan fingerprint density at radius 3 is 2.53 bits per heavy atom. The molecule has 0 saturated heterocycles. The maximum Gasteiger partial charge on any atom is 0.139 e. The number of benzene rings is 1. The predicted octanol–water partition coefficient (Wildman–Crippen LogP) is 4.46. The molecule has 0 aliphatic heterocycles. The van der Waals surface area contributed by atoms with Crippen LogP contribution < -0.4 is 0 Å². The van der Waals surface area contributed by atoms with Crippen LogP contribution in [0.15, 0.2) is 53.0 Å². The van der Waals surface area contributed by atoms with Crippen molar-refractivity contribution in [3.05, 3.63) is 63.6 Å². The monoisotopic (exact) mass is 312 g/mol. The maximum absolute atomic E-state index is 12.2. The second kappa shape index (κ2) is 5.74. The molecule has 0 fully saturated rings. The number of rotatable bonds is 3. The van der Waals surface area contributed by atoms with Crippen LogP contribution in [-0.2, 0) is 9.73 Å². The molecule has 0 bridgehead atoms. The zero-order valence-electron chi connectivity index (χ0n) is 9.72. The summed E-state index contributed by atoms with van der Waals surface area (Å²) in [6.07, 6.45) is 2.93. The lowest BCUT2D eigenvalue weighted by molar-refractivity contribution is 0.678. The van der Waals surface area contributed by atoms with Gasteiger partial charge in [0.05, 0.1) is 5.02 Å². The highest BCUT2D eigenvalue weighted by Crippen LogP contribution is 2.19. The zero-order chi connectivity index (χ0) is 13.9. The Morgan fingerprint density at radius 1 is 1.16 bits per heavy atom. The average molecular weight is 313 g/mol. The highest BCUT2D eigenvalue weighted by Gasteiger charge is 2.07. The lowest BCUT2D eigenvalue weighted by atomic mass is 10.2. The van der Waals surface area contributed by atoms with Crippen molar-refractivity contribution < 1.29 is 4.21 Å². The van der Waals surface area contributed by atoms with E-state index in [9.17, 15) is 4.21 Å². The first-order valence-corrected chi connectivity index (χ1v) is 7.70. The molecule has 1 N–H and O–H groups in total. The SMILES string of the molecule is N=S(=O)(/C=C/c1ccccc1Cl)c1ccc(Cl)cn1. The van der Waals surface area contributed by atoms with Crippen LogP contribution in [0, 0.1) is 4.78 Å². The van der Waals surface area contributed by atoms with Crippen molar-refractivity contribution in [1.82, 2.24) is 4.98 Å². The van der Waals surface area contributed by atoms with Gasteiger partial charge in [-0.3, -0.25) is 0 Å². The van der Waals surface area contributed by atoms with E-state index in [1.165, 1.54) is 17.7 Å². The fourth-order valence-corrected chi connectivity index (χ4v) is 2.66. The van der Waals surface area contributed by atoms with Crippen LogP contribution in [0.5, 0.6) is 0 Å². The lowest BCUT2D eigenvalue weighted by Gasteiger charge is -2.02. The number of hydrogen-bond donors (Lipinski definition) is 1. The molecule has 0 saturated carbocycles. The molecule has 3 nitrogen and oxygen atoms in total. The molecule has 0 aliphatic carbocycles. The lowest BCUT2D eigenvalue weighted by Crippen LogP contribution is -1.96. The van der Waals surface area contributed by atoms with Gasteiger partial charge in [0.2, 0.25) is 0 Å². The number of nitrogens with one attached hydrogen (secondary N) is 1. The van der Waals surface area contributed by atoms with Gasteiger partial charge in [0.1, 0.15) is 14.8 Å². The van der Waals surface area contributed by atoms with Crippen molar-refractivity contribution in [2.24, 2.45) is 0 Å². The number of pyridine rings is 1. The molecule has 1 aromatic carbocycles. The molecule has 1 aromatic heterocycles. The highest BCUT2D eigenvalue weighted by molar-refractivity contribution is 7.95. The predicted molar refractivity (Wildman–Crippen MR) is 78.9 cm³/mol. The summed E-state index contributed by atoms with van der Waals surface area (Å²) in [5, 5.41) is 2.44. The molecular weight excluding hydrogens is 303 g/mol. The van der Waals surface area contributed by atoms with Gasteiger partial charge in [-0.15, -0.1) is 0 Å². The van der Waals surface area contributed by atoms with E-state index in [-0.39, 0.29) is 5.03 Å². The molecule has 1 heterocycles. The van der Waals surface area contributed by atoms with E-state index < -0.39 is 9.73 Å². The molecule has 2 rings (SSSR count). The van der Waals surface area contributed by atoms with E-state index >= 15 is 0 Å². The van der Waals surface area contributed by atoms with Crippen LogP contribution in [0.1, 0.15) is 5.56 Å². The van der Waals surface area contributed by atoms with Crippen LogP contribution in [-0.4, -0.2) is 9.19 Å². The Hall–Kier alpha value is -1.36. The summed E-state index contributed by atoms with van der Waals surface area (Å²) < 4.78 is 20.1. The standard InChI is InChI=1S/C13H10Cl2N2OS/c14-11-5-6-13(17-9-11)19(16,18)8-7-10-3-1-2-4-12(10)15/h1-9,16H/b8-7+. The van der Waals surface area contributed by atoms with E-state index in [0.29, 0.717) is 15.6 Å². The number of nitrogens with zero attached hydrogens (tertiary/aromatic N) is 1. The van der Waals surface area contributed by atoms with Crippen molar-refractivity contribution in [2.45, 2.75) is 5.03 Å². The molecule has 0 aliphatic rings. The minimum absolute atomic E-state index is 0.167. The smallest absolute Gasteiger partial charge is 0.139 e. The van der Waals surface area contributed by atoms with Crippen molar-refractivity contribution >= 4 is 39.0 Å². The number of hydrogen-bond acceptors (Lipinski definition) is 3. The normalized spacial score (nSPS) is 14.4. The molecular formula is C13H10Cl2N2OS. The minimum Gasteiger partial charge on any atom is -0.244 e. The Morgan fingerprint density at radius 2 is 1.89 bits per heavy atom. The first-order chi connectivity index (χ1) is 8.99. The van der Waals surface area contributed by atoms with E-state index in [0.717, 1.165) is 0 Å². The van der Waals surface area contributed by atoms with Crippen molar-refractivity contribution in [3.8, 4) is 0 Å².